The van der Waals surface area contributed by atoms with Crippen LogP contribution in [0.25, 0.3) is 22.3 Å². The fourth-order valence-electron chi connectivity index (χ4n) is 3.37. The van der Waals surface area contributed by atoms with Gasteiger partial charge in [0.25, 0.3) is 0 Å². The summed E-state index contributed by atoms with van der Waals surface area (Å²) in [6, 6.07) is 6.09. The molecule has 11 heteroatoms. The number of carbonyl (C=O) groups excluding carboxylic acids is 3. The number of rotatable bonds is 7. The lowest BCUT2D eigenvalue weighted by Gasteiger charge is -2.19. The molecule has 0 aliphatic heterocycles. The van der Waals surface area contributed by atoms with E-state index in [0.717, 1.165) is 13.8 Å². The van der Waals surface area contributed by atoms with Crippen LogP contribution >= 0.6 is 0 Å². The molecule has 0 radical (unpaired) electrons. The van der Waals surface area contributed by atoms with Crippen molar-refractivity contribution in [1.29, 1.82) is 0 Å². The number of methoxy groups -OCH3 is 3. The van der Waals surface area contributed by atoms with Gasteiger partial charge in [-0.25, -0.2) is 0 Å². The van der Waals surface area contributed by atoms with Crippen molar-refractivity contribution in [1.82, 2.24) is 0 Å². The summed E-state index contributed by atoms with van der Waals surface area (Å²) in [7, 11) is 3.77. The van der Waals surface area contributed by atoms with E-state index in [2.05, 4.69) is 0 Å². The zero-order valence-corrected chi connectivity index (χ0v) is 19.8. The molecule has 3 rings (SSSR count). The highest BCUT2D eigenvalue weighted by Crippen LogP contribution is 2.51. The quantitative estimate of drug-likeness (QED) is 0.359. The molecular weight excluding hydrogens is 464 g/mol. The second kappa shape index (κ2) is 10.2. The van der Waals surface area contributed by atoms with Gasteiger partial charge >= 0.3 is 17.9 Å². The van der Waals surface area contributed by atoms with Crippen LogP contribution in [0.4, 0.5) is 0 Å². The molecule has 3 aromatic rings. The lowest BCUT2D eigenvalue weighted by molar-refractivity contribution is -0.133. The van der Waals surface area contributed by atoms with Crippen LogP contribution in [0, 0.1) is 0 Å². The summed E-state index contributed by atoms with van der Waals surface area (Å²) in [5.74, 6) is -2.92. The van der Waals surface area contributed by atoms with Crippen molar-refractivity contribution in [3.63, 3.8) is 0 Å². The summed E-state index contributed by atoms with van der Waals surface area (Å²) in [5, 5.41) is -0.234. The number of benzene rings is 2. The van der Waals surface area contributed by atoms with Crippen molar-refractivity contribution in [3.8, 4) is 45.8 Å². The van der Waals surface area contributed by atoms with Gasteiger partial charge in [0, 0.05) is 26.3 Å². The Kier molecular flexibility index (Phi) is 7.28. The van der Waals surface area contributed by atoms with Gasteiger partial charge in [-0.3, -0.25) is 19.2 Å². The molecule has 0 amide bonds. The van der Waals surface area contributed by atoms with Crippen LogP contribution in [0.2, 0.25) is 0 Å². The van der Waals surface area contributed by atoms with Gasteiger partial charge in [-0.1, -0.05) is 0 Å². The molecule has 0 spiro atoms. The van der Waals surface area contributed by atoms with Gasteiger partial charge in [0.15, 0.2) is 17.1 Å². The van der Waals surface area contributed by atoms with Gasteiger partial charge in [0.1, 0.15) is 11.1 Å². The SMILES string of the molecule is COc1c(OC(C)=O)c(OC)c2oc(-c3ccc(OC(C)=O)cc3)c(OC)c(=O)c2c1OC(C)=O. The summed E-state index contributed by atoms with van der Waals surface area (Å²) >= 11 is 0. The molecule has 0 fully saturated rings. The first-order valence-electron chi connectivity index (χ1n) is 10.1. The van der Waals surface area contributed by atoms with Crippen LogP contribution in [0.3, 0.4) is 0 Å². The van der Waals surface area contributed by atoms with Crippen molar-refractivity contribution >= 4 is 28.9 Å². The molecule has 11 nitrogen and oxygen atoms in total. The van der Waals surface area contributed by atoms with E-state index in [4.69, 9.17) is 32.8 Å². The van der Waals surface area contributed by atoms with Gasteiger partial charge < -0.3 is 32.8 Å². The zero-order valence-electron chi connectivity index (χ0n) is 19.8. The number of fused-ring (bicyclic) bond motifs is 1. The topological polar surface area (TPSA) is 137 Å². The first kappa shape index (κ1) is 25.1. The summed E-state index contributed by atoms with van der Waals surface area (Å²) in [6.45, 7) is 3.54. The third-order valence-electron chi connectivity index (χ3n) is 4.60. The number of hydrogen-bond acceptors (Lipinski definition) is 11. The molecule has 184 valence electrons. The monoisotopic (exact) mass is 486 g/mol. The molecule has 0 aliphatic rings. The van der Waals surface area contributed by atoms with Gasteiger partial charge in [-0.15, -0.1) is 0 Å². The van der Waals surface area contributed by atoms with Crippen LogP contribution in [-0.4, -0.2) is 39.2 Å². The van der Waals surface area contributed by atoms with Crippen LogP contribution < -0.4 is 33.8 Å². The fraction of sp³-hybridized carbons (Fsp3) is 0.250. The predicted octanol–water partition coefficient (Wildman–Crippen LogP) is 3.26. The maximum atomic E-state index is 13.6. The predicted molar refractivity (Wildman–Crippen MR) is 122 cm³/mol. The number of carbonyl (C=O) groups is 3. The highest BCUT2D eigenvalue weighted by Gasteiger charge is 2.32. The second-order valence-corrected chi connectivity index (χ2v) is 7.03. The molecule has 0 saturated carbocycles. The molecule has 0 N–H and O–H groups in total. The smallest absolute Gasteiger partial charge is 0.308 e. The van der Waals surface area contributed by atoms with Crippen LogP contribution in [0.15, 0.2) is 33.5 Å². The van der Waals surface area contributed by atoms with Crippen molar-refractivity contribution in [2.45, 2.75) is 20.8 Å². The summed E-state index contributed by atoms with van der Waals surface area (Å²) in [5.41, 5.74) is -0.515. The first-order valence-corrected chi connectivity index (χ1v) is 10.1. The molecule has 2 aromatic carbocycles. The lowest BCUT2D eigenvalue weighted by Crippen LogP contribution is -2.14. The summed E-state index contributed by atoms with van der Waals surface area (Å²) in [4.78, 5) is 48.4. The molecule has 0 bridgehead atoms. The van der Waals surface area contributed by atoms with E-state index in [1.165, 1.54) is 40.4 Å². The first-order chi connectivity index (χ1) is 16.6. The van der Waals surface area contributed by atoms with Crippen molar-refractivity contribution < 1.29 is 47.2 Å². The van der Waals surface area contributed by atoms with Crippen molar-refractivity contribution in [2.24, 2.45) is 0 Å². The Morgan fingerprint density at radius 1 is 0.657 bits per heavy atom. The lowest BCUT2D eigenvalue weighted by atomic mass is 10.1. The summed E-state index contributed by atoms with van der Waals surface area (Å²) < 4.78 is 37.7. The average molecular weight is 486 g/mol. The molecule has 1 aromatic heterocycles. The van der Waals surface area contributed by atoms with E-state index >= 15 is 0 Å². The van der Waals surface area contributed by atoms with E-state index < -0.39 is 23.3 Å². The average Bonchev–Trinajstić information content (AvgIpc) is 2.78. The standard InChI is InChI=1S/C24H22O11/c1-11(25)32-15-9-7-14(8-10-15)18-21(29-4)17(28)16-19(33-12(2)26)22(30-5)24(34-13(3)27)23(31-6)20(16)35-18/h7-10H,1-6H3. The number of ether oxygens (including phenoxy) is 6. The zero-order chi connectivity index (χ0) is 25.9. The Balaban J connectivity index is 2.45. The molecular formula is C24H22O11. The molecule has 0 aliphatic carbocycles. The second-order valence-electron chi connectivity index (χ2n) is 7.03. The molecule has 0 atom stereocenters. The van der Waals surface area contributed by atoms with Gasteiger partial charge in [-0.2, -0.15) is 0 Å². The van der Waals surface area contributed by atoms with E-state index in [1.54, 1.807) is 12.1 Å². The Hall–Kier alpha value is -4.54. The third-order valence-corrected chi connectivity index (χ3v) is 4.60. The third kappa shape index (κ3) is 4.88. The van der Waals surface area contributed by atoms with Gasteiger partial charge in [0.2, 0.25) is 28.4 Å². The fourth-order valence-corrected chi connectivity index (χ4v) is 3.37. The van der Waals surface area contributed by atoms with Crippen LogP contribution in [0.1, 0.15) is 20.8 Å². The number of esters is 3. The highest BCUT2D eigenvalue weighted by molar-refractivity contribution is 5.99. The maximum absolute atomic E-state index is 13.6. The minimum Gasteiger partial charge on any atom is -0.490 e. The minimum atomic E-state index is -0.771. The highest BCUT2D eigenvalue weighted by atomic mass is 16.6. The molecule has 35 heavy (non-hydrogen) atoms. The van der Waals surface area contributed by atoms with Gasteiger partial charge in [0.05, 0.1) is 21.3 Å². The van der Waals surface area contributed by atoms with E-state index in [9.17, 15) is 19.2 Å². The summed E-state index contributed by atoms with van der Waals surface area (Å²) in [6.07, 6.45) is 0. The van der Waals surface area contributed by atoms with Crippen LogP contribution in [-0.2, 0) is 14.4 Å². The van der Waals surface area contributed by atoms with Gasteiger partial charge in [-0.05, 0) is 24.3 Å². The molecule has 0 unspecified atom stereocenters. The molecule has 1 heterocycles. The largest absolute Gasteiger partial charge is 0.490 e. The minimum absolute atomic E-state index is 0.00890. The number of hydrogen-bond donors (Lipinski definition) is 0. The van der Waals surface area contributed by atoms with E-state index in [0.29, 0.717) is 5.56 Å². The Labute approximate surface area is 199 Å². The van der Waals surface area contributed by atoms with E-state index in [1.807, 2.05) is 0 Å². The molecule has 0 saturated heterocycles. The normalized spacial score (nSPS) is 10.5. The Bertz CT molecular complexity index is 1370. The Morgan fingerprint density at radius 2 is 1.17 bits per heavy atom. The Morgan fingerprint density at radius 3 is 1.66 bits per heavy atom. The maximum Gasteiger partial charge on any atom is 0.308 e. The van der Waals surface area contributed by atoms with Crippen molar-refractivity contribution in [3.05, 3.63) is 34.5 Å². The van der Waals surface area contributed by atoms with Crippen LogP contribution in [0.5, 0.6) is 34.5 Å². The van der Waals surface area contributed by atoms with E-state index in [-0.39, 0.29) is 51.2 Å². The van der Waals surface area contributed by atoms with Crippen molar-refractivity contribution in [2.75, 3.05) is 21.3 Å².